The van der Waals surface area contributed by atoms with Crippen LogP contribution in [0.4, 0.5) is 0 Å². The second kappa shape index (κ2) is 2.60. The standard InChI is InChI=1S/C7H9NO4/c8-7(6(11)12)2-1-4(3-7)5(9)10/h1H,2-3,8H2,(H,9,10)(H,11,12)/t7-/m1/s1. The van der Waals surface area contributed by atoms with E-state index in [1.54, 1.807) is 0 Å². The lowest BCUT2D eigenvalue weighted by molar-refractivity contribution is -0.142. The first-order valence-electron chi connectivity index (χ1n) is 3.40. The molecule has 0 heterocycles. The fourth-order valence-electron chi connectivity index (χ4n) is 1.12. The van der Waals surface area contributed by atoms with Crippen molar-refractivity contribution in [1.29, 1.82) is 0 Å². The summed E-state index contributed by atoms with van der Waals surface area (Å²) in [7, 11) is 0. The molecule has 5 heteroatoms. The van der Waals surface area contributed by atoms with Crippen molar-refractivity contribution >= 4 is 11.9 Å². The van der Waals surface area contributed by atoms with Gasteiger partial charge in [-0.05, 0) is 6.42 Å². The van der Waals surface area contributed by atoms with E-state index < -0.39 is 17.5 Å². The van der Waals surface area contributed by atoms with Crippen molar-refractivity contribution < 1.29 is 19.8 Å². The lowest BCUT2D eigenvalue weighted by atomic mass is 9.97. The Morgan fingerprint density at radius 2 is 2.08 bits per heavy atom. The van der Waals surface area contributed by atoms with E-state index in [4.69, 9.17) is 15.9 Å². The van der Waals surface area contributed by atoms with Gasteiger partial charge in [-0.1, -0.05) is 6.08 Å². The van der Waals surface area contributed by atoms with E-state index in [0.717, 1.165) is 0 Å². The minimum absolute atomic E-state index is 0.0832. The third-order valence-corrected chi connectivity index (χ3v) is 1.92. The molecule has 0 saturated heterocycles. The van der Waals surface area contributed by atoms with Gasteiger partial charge >= 0.3 is 11.9 Å². The SMILES string of the molecule is N[C@]1(C(=O)O)CC=C(C(=O)O)C1. The highest BCUT2D eigenvalue weighted by Gasteiger charge is 2.39. The summed E-state index contributed by atoms with van der Waals surface area (Å²) in [5, 5.41) is 17.1. The van der Waals surface area contributed by atoms with E-state index in [1.165, 1.54) is 6.08 Å². The Kier molecular flexibility index (Phi) is 1.89. The lowest BCUT2D eigenvalue weighted by Crippen LogP contribution is -2.45. The van der Waals surface area contributed by atoms with Gasteiger partial charge in [-0.25, -0.2) is 4.79 Å². The van der Waals surface area contributed by atoms with Crippen LogP contribution in [-0.4, -0.2) is 27.7 Å². The number of carboxylic acids is 2. The van der Waals surface area contributed by atoms with Gasteiger partial charge in [-0.3, -0.25) is 4.79 Å². The molecule has 0 unspecified atom stereocenters. The number of hydrogen-bond donors (Lipinski definition) is 3. The fraction of sp³-hybridized carbons (Fsp3) is 0.429. The van der Waals surface area contributed by atoms with Gasteiger partial charge in [-0.15, -0.1) is 0 Å². The molecule has 1 atom stereocenters. The van der Waals surface area contributed by atoms with Crippen LogP contribution in [0.5, 0.6) is 0 Å². The van der Waals surface area contributed by atoms with Crippen molar-refractivity contribution in [2.75, 3.05) is 0 Å². The molecule has 0 aliphatic heterocycles. The van der Waals surface area contributed by atoms with Crippen LogP contribution >= 0.6 is 0 Å². The maximum atomic E-state index is 10.5. The van der Waals surface area contributed by atoms with Gasteiger partial charge in [0.1, 0.15) is 5.54 Å². The number of nitrogens with two attached hydrogens (primary N) is 1. The van der Waals surface area contributed by atoms with Crippen molar-refractivity contribution in [3.05, 3.63) is 11.6 Å². The molecule has 12 heavy (non-hydrogen) atoms. The summed E-state index contributed by atoms with van der Waals surface area (Å²) in [6.45, 7) is 0. The molecule has 0 amide bonds. The maximum absolute atomic E-state index is 10.5. The predicted molar refractivity (Wildman–Crippen MR) is 39.5 cm³/mol. The summed E-state index contributed by atoms with van der Waals surface area (Å²) in [4.78, 5) is 20.9. The third kappa shape index (κ3) is 1.31. The van der Waals surface area contributed by atoms with Crippen LogP contribution in [0.2, 0.25) is 0 Å². The van der Waals surface area contributed by atoms with E-state index >= 15 is 0 Å². The number of rotatable bonds is 2. The molecule has 0 spiro atoms. The van der Waals surface area contributed by atoms with E-state index in [9.17, 15) is 9.59 Å². The molecule has 0 saturated carbocycles. The molecule has 1 aliphatic carbocycles. The number of hydrogen-bond acceptors (Lipinski definition) is 3. The second-order valence-corrected chi connectivity index (χ2v) is 2.88. The van der Waals surface area contributed by atoms with Crippen LogP contribution in [0, 0.1) is 0 Å². The molecule has 0 aromatic rings. The van der Waals surface area contributed by atoms with Crippen LogP contribution in [0.1, 0.15) is 12.8 Å². The molecule has 1 aliphatic rings. The second-order valence-electron chi connectivity index (χ2n) is 2.88. The summed E-state index contributed by atoms with van der Waals surface area (Å²) in [6, 6.07) is 0. The molecule has 0 aromatic carbocycles. The first kappa shape index (κ1) is 8.73. The average molecular weight is 171 g/mol. The Morgan fingerprint density at radius 1 is 1.50 bits per heavy atom. The first-order chi connectivity index (χ1) is 5.46. The highest BCUT2D eigenvalue weighted by Crippen LogP contribution is 2.27. The number of carboxylic acid groups (broad SMARTS) is 2. The van der Waals surface area contributed by atoms with Crippen LogP contribution in [0.15, 0.2) is 11.6 Å². The number of aliphatic carboxylic acids is 2. The summed E-state index contributed by atoms with van der Waals surface area (Å²) in [6.07, 6.45) is 1.35. The van der Waals surface area contributed by atoms with Crippen LogP contribution in [0.3, 0.4) is 0 Å². The monoisotopic (exact) mass is 171 g/mol. The van der Waals surface area contributed by atoms with E-state index in [-0.39, 0.29) is 18.4 Å². The van der Waals surface area contributed by atoms with Gasteiger partial charge < -0.3 is 15.9 Å². The van der Waals surface area contributed by atoms with E-state index in [0.29, 0.717) is 0 Å². The summed E-state index contributed by atoms with van der Waals surface area (Å²) in [5.41, 5.74) is 4.09. The van der Waals surface area contributed by atoms with Crippen LogP contribution in [0.25, 0.3) is 0 Å². The zero-order valence-electron chi connectivity index (χ0n) is 6.28. The largest absolute Gasteiger partial charge is 0.480 e. The topological polar surface area (TPSA) is 101 Å². The van der Waals surface area contributed by atoms with E-state index in [1.807, 2.05) is 0 Å². The van der Waals surface area contributed by atoms with Crippen molar-refractivity contribution in [3.63, 3.8) is 0 Å². The Hall–Kier alpha value is -1.36. The molecule has 5 nitrogen and oxygen atoms in total. The quantitative estimate of drug-likeness (QED) is 0.523. The fourth-order valence-corrected chi connectivity index (χ4v) is 1.12. The average Bonchev–Trinajstić information content (AvgIpc) is 2.33. The number of carbonyl (C=O) groups is 2. The highest BCUT2D eigenvalue weighted by molar-refractivity contribution is 5.91. The predicted octanol–water partition coefficient (Wildman–Crippen LogP) is -0.427. The normalized spacial score (nSPS) is 28.2. The van der Waals surface area contributed by atoms with Gasteiger partial charge in [0.15, 0.2) is 0 Å². The zero-order valence-corrected chi connectivity index (χ0v) is 6.28. The molecule has 0 fully saturated rings. The summed E-state index contributed by atoms with van der Waals surface area (Å²) >= 11 is 0. The molecule has 0 aromatic heterocycles. The van der Waals surface area contributed by atoms with Gasteiger partial charge in [-0.2, -0.15) is 0 Å². The molecule has 66 valence electrons. The van der Waals surface area contributed by atoms with Crippen molar-refractivity contribution in [1.82, 2.24) is 0 Å². The van der Waals surface area contributed by atoms with Crippen molar-refractivity contribution in [2.45, 2.75) is 18.4 Å². The van der Waals surface area contributed by atoms with Crippen LogP contribution < -0.4 is 5.73 Å². The first-order valence-corrected chi connectivity index (χ1v) is 3.40. The zero-order chi connectivity index (χ0) is 9.35. The van der Waals surface area contributed by atoms with Crippen LogP contribution in [-0.2, 0) is 9.59 Å². The van der Waals surface area contributed by atoms with Crippen molar-refractivity contribution in [3.8, 4) is 0 Å². The van der Waals surface area contributed by atoms with Gasteiger partial charge in [0.05, 0.1) is 0 Å². The Labute approximate surface area is 68.5 Å². The smallest absolute Gasteiger partial charge is 0.331 e. The molecule has 0 bridgehead atoms. The van der Waals surface area contributed by atoms with E-state index in [2.05, 4.69) is 0 Å². The molecule has 1 rings (SSSR count). The molecule has 0 radical (unpaired) electrons. The molecule has 4 N–H and O–H groups in total. The summed E-state index contributed by atoms with van der Waals surface area (Å²) < 4.78 is 0. The highest BCUT2D eigenvalue weighted by atomic mass is 16.4. The Bertz CT molecular complexity index is 271. The van der Waals surface area contributed by atoms with Gasteiger partial charge in [0.2, 0.25) is 0 Å². The Morgan fingerprint density at radius 3 is 2.33 bits per heavy atom. The summed E-state index contributed by atoms with van der Waals surface area (Å²) in [5.74, 6) is -2.25. The minimum atomic E-state index is -1.41. The minimum Gasteiger partial charge on any atom is -0.480 e. The van der Waals surface area contributed by atoms with Gasteiger partial charge in [0.25, 0.3) is 0 Å². The molecular weight excluding hydrogens is 162 g/mol. The molecular formula is C7H9NO4. The Balaban J connectivity index is 2.75. The van der Waals surface area contributed by atoms with Gasteiger partial charge in [0, 0.05) is 12.0 Å². The lowest BCUT2D eigenvalue weighted by Gasteiger charge is -2.16. The van der Waals surface area contributed by atoms with Crippen molar-refractivity contribution in [2.24, 2.45) is 5.73 Å². The third-order valence-electron chi connectivity index (χ3n) is 1.92. The maximum Gasteiger partial charge on any atom is 0.331 e.